The number of amides is 1. The lowest BCUT2D eigenvalue weighted by Gasteiger charge is -2.39. The second kappa shape index (κ2) is 11.2. The predicted molar refractivity (Wildman–Crippen MR) is 124 cm³/mol. The number of hydrogen-bond donors (Lipinski definition) is 1. The van der Waals surface area contributed by atoms with E-state index in [9.17, 15) is 14.7 Å². The monoisotopic (exact) mass is 459 g/mol. The summed E-state index contributed by atoms with van der Waals surface area (Å²) in [7, 11) is 3.18. The molecule has 1 atom stereocenters. The summed E-state index contributed by atoms with van der Waals surface area (Å²) in [6.45, 7) is 6.62. The van der Waals surface area contributed by atoms with E-state index in [0.717, 1.165) is 5.56 Å². The number of nitrogens with zero attached hydrogens (tertiary/aromatic N) is 3. The van der Waals surface area contributed by atoms with Crippen LogP contribution in [0.4, 0.5) is 4.79 Å². The van der Waals surface area contributed by atoms with Gasteiger partial charge >= 0.3 is 6.09 Å². The van der Waals surface area contributed by atoms with Gasteiger partial charge < -0.3 is 28.8 Å². The first-order valence-electron chi connectivity index (χ1n) is 11.1. The summed E-state index contributed by atoms with van der Waals surface area (Å²) in [5.41, 5.74) is 1.53. The fourth-order valence-electron chi connectivity index (χ4n) is 4.24. The maximum absolute atomic E-state index is 13.6. The predicted octanol–water partition coefficient (Wildman–Crippen LogP) is 2.38. The van der Waals surface area contributed by atoms with Crippen LogP contribution < -0.4 is 10.3 Å². The molecule has 9 heteroatoms. The number of carbonyl (C=O) groups is 1. The van der Waals surface area contributed by atoms with Crippen molar-refractivity contribution in [1.29, 1.82) is 0 Å². The molecule has 33 heavy (non-hydrogen) atoms. The van der Waals surface area contributed by atoms with Gasteiger partial charge in [-0.05, 0) is 37.6 Å². The standard InChI is InChI=1S/C24H33N3O6/c1-5-33-24(30)26-11-9-25(10-12-26)22(18-7-6-8-19(16-18)32-4)21-20(28)15-17(2)27(23(21)29)13-14-31-3/h6-8,15-16,22,28H,5,9-14H2,1-4H3/t22-/m0/s1. The zero-order valence-corrected chi connectivity index (χ0v) is 19.7. The average molecular weight is 460 g/mol. The van der Waals surface area contributed by atoms with Crippen LogP contribution in [0.2, 0.25) is 0 Å². The molecule has 0 radical (unpaired) electrons. The van der Waals surface area contributed by atoms with Gasteiger partial charge in [-0.15, -0.1) is 0 Å². The molecule has 1 fully saturated rings. The second-order valence-corrected chi connectivity index (χ2v) is 7.94. The van der Waals surface area contributed by atoms with Gasteiger partial charge in [0.25, 0.3) is 5.56 Å². The van der Waals surface area contributed by atoms with Crippen LogP contribution in [0.5, 0.6) is 11.5 Å². The average Bonchev–Trinajstić information content (AvgIpc) is 2.82. The molecule has 9 nitrogen and oxygen atoms in total. The lowest BCUT2D eigenvalue weighted by atomic mass is 9.95. The van der Waals surface area contributed by atoms with E-state index in [-0.39, 0.29) is 17.4 Å². The number of hydrogen-bond acceptors (Lipinski definition) is 7. The number of rotatable bonds is 8. The van der Waals surface area contributed by atoms with E-state index in [1.807, 2.05) is 24.3 Å². The Kier molecular flexibility index (Phi) is 8.35. The molecule has 1 saturated heterocycles. The molecular weight excluding hydrogens is 426 g/mol. The Morgan fingerprint density at radius 1 is 1.15 bits per heavy atom. The number of methoxy groups -OCH3 is 2. The summed E-state index contributed by atoms with van der Waals surface area (Å²) in [5, 5.41) is 10.9. The highest BCUT2D eigenvalue weighted by molar-refractivity contribution is 5.67. The molecule has 0 unspecified atom stereocenters. The van der Waals surface area contributed by atoms with Crippen molar-refractivity contribution in [3.05, 3.63) is 57.5 Å². The molecule has 0 aliphatic carbocycles. The molecule has 1 aliphatic rings. The van der Waals surface area contributed by atoms with E-state index in [2.05, 4.69) is 4.90 Å². The summed E-state index contributed by atoms with van der Waals surface area (Å²) in [4.78, 5) is 29.5. The molecular formula is C24H33N3O6. The van der Waals surface area contributed by atoms with Crippen molar-refractivity contribution < 1.29 is 24.1 Å². The van der Waals surface area contributed by atoms with E-state index in [1.54, 1.807) is 43.6 Å². The first-order valence-corrected chi connectivity index (χ1v) is 11.1. The Bertz CT molecular complexity index is 1010. The Hall–Kier alpha value is -3.04. The zero-order chi connectivity index (χ0) is 24.0. The van der Waals surface area contributed by atoms with E-state index in [0.29, 0.717) is 62.9 Å². The van der Waals surface area contributed by atoms with Crippen molar-refractivity contribution in [1.82, 2.24) is 14.4 Å². The highest BCUT2D eigenvalue weighted by Crippen LogP contribution is 2.34. The quantitative estimate of drug-likeness (QED) is 0.648. The van der Waals surface area contributed by atoms with Crippen molar-refractivity contribution in [3.63, 3.8) is 0 Å². The minimum atomic E-state index is -0.508. The van der Waals surface area contributed by atoms with Gasteiger partial charge in [0, 0.05) is 45.5 Å². The highest BCUT2D eigenvalue weighted by Gasteiger charge is 2.33. The first kappa shape index (κ1) is 24.6. The highest BCUT2D eigenvalue weighted by atomic mass is 16.6. The third kappa shape index (κ3) is 5.48. The van der Waals surface area contributed by atoms with Gasteiger partial charge in [-0.3, -0.25) is 9.69 Å². The van der Waals surface area contributed by atoms with Crippen LogP contribution in [-0.4, -0.2) is 79.2 Å². The van der Waals surface area contributed by atoms with Crippen LogP contribution in [0.25, 0.3) is 0 Å². The van der Waals surface area contributed by atoms with Crippen molar-refractivity contribution in [3.8, 4) is 11.5 Å². The summed E-state index contributed by atoms with van der Waals surface area (Å²) in [6.07, 6.45) is -0.338. The third-order valence-corrected chi connectivity index (χ3v) is 5.93. The molecule has 0 saturated carbocycles. The smallest absolute Gasteiger partial charge is 0.409 e. The summed E-state index contributed by atoms with van der Waals surface area (Å²) in [5.74, 6) is 0.612. The minimum Gasteiger partial charge on any atom is -0.507 e. The van der Waals surface area contributed by atoms with E-state index in [4.69, 9.17) is 14.2 Å². The van der Waals surface area contributed by atoms with Crippen LogP contribution in [0, 0.1) is 6.92 Å². The van der Waals surface area contributed by atoms with E-state index >= 15 is 0 Å². The SMILES string of the molecule is CCOC(=O)N1CCN([C@@H](c2cccc(OC)c2)c2c(O)cc(C)n(CCOC)c2=O)CC1. The number of piperazine rings is 1. The molecule has 0 bridgehead atoms. The van der Waals surface area contributed by atoms with Gasteiger partial charge in [0.15, 0.2) is 0 Å². The van der Waals surface area contributed by atoms with Crippen LogP contribution in [0.1, 0.15) is 29.8 Å². The number of pyridine rings is 1. The molecule has 2 aromatic rings. The van der Waals surface area contributed by atoms with Crippen molar-refractivity contribution in [2.45, 2.75) is 26.4 Å². The topological polar surface area (TPSA) is 93.5 Å². The van der Waals surface area contributed by atoms with Gasteiger partial charge in [0.1, 0.15) is 11.5 Å². The molecule has 1 aromatic heterocycles. The second-order valence-electron chi connectivity index (χ2n) is 7.94. The largest absolute Gasteiger partial charge is 0.507 e. The van der Waals surface area contributed by atoms with Gasteiger partial charge in [-0.25, -0.2) is 4.79 Å². The molecule has 2 heterocycles. The van der Waals surface area contributed by atoms with Crippen molar-refractivity contribution in [2.24, 2.45) is 0 Å². The lowest BCUT2D eigenvalue weighted by Crippen LogP contribution is -2.50. The van der Waals surface area contributed by atoms with Gasteiger partial charge in [-0.1, -0.05) is 12.1 Å². The fraction of sp³-hybridized carbons (Fsp3) is 0.500. The number of aromatic hydroxyl groups is 1. The molecule has 180 valence electrons. The Labute approximate surface area is 194 Å². The van der Waals surface area contributed by atoms with Crippen LogP contribution in [0.15, 0.2) is 35.1 Å². The molecule has 1 amide bonds. The number of aromatic nitrogens is 1. The van der Waals surface area contributed by atoms with Crippen LogP contribution in [-0.2, 0) is 16.0 Å². The molecule has 0 spiro atoms. The fourth-order valence-corrected chi connectivity index (χ4v) is 4.24. The van der Waals surface area contributed by atoms with E-state index < -0.39 is 6.04 Å². The number of benzene rings is 1. The summed E-state index contributed by atoms with van der Waals surface area (Å²) in [6, 6.07) is 8.61. The molecule has 1 aliphatic heterocycles. The van der Waals surface area contributed by atoms with Crippen molar-refractivity contribution >= 4 is 6.09 Å². The number of ether oxygens (including phenoxy) is 3. The lowest BCUT2D eigenvalue weighted by molar-refractivity contribution is 0.0708. The van der Waals surface area contributed by atoms with Crippen LogP contribution >= 0.6 is 0 Å². The molecule has 1 aromatic carbocycles. The van der Waals surface area contributed by atoms with E-state index in [1.165, 1.54) is 0 Å². The maximum atomic E-state index is 13.6. The minimum absolute atomic E-state index is 0.0493. The Balaban J connectivity index is 2.04. The van der Waals surface area contributed by atoms with Gasteiger partial charge in [-0.2, -0.15) is 0 Å². The third-order valence-electron chi connectivity index (χ3n) is 5.93. The summed E-state index contributed by atoms with van der Waals surface area (Å²) >= 11 is 0. The zero-order valence-electron chi connectivity index (χ0n) is 19.7. The molecule has 1 N–H and O–H groups in total. The Morgan fingerprint density at radius 2 is 1.88 bits per heavy atom. The Morgan fingerprint density at radius 3 is 2.52 bits per heavy atom. The number of aryl methyl sites for hydroxylation is 1. The van der Waals surface area contributed by atoms with Crippen molar-refractivity contribution in [2.75, 3.05) is 53.6 Å². The maximum Gasteiger partial charge on any atom is 0.409 e. The summed E-state index contributed by atoms with van der Waals surface area (Å²) < 4.78 is 17.3. The van der Waals surface area contributed by atoms with Gasteiger partial charge in [0.2, 0.25) is 0 Å². The normalized spacial score (nSPS) is 15.3. The van der Waals surface area contributed by atoms with Gasteiger partial charge in [0.05, 0.1) is 31.9 Å². The number of carbonyl (C=O) groups excluding carboxylic acids is 1. The van der Waals surface area contributed by atoms with Crippen LogP contribution in [0.3, 0.4) is 0 Å². The first-order chi connectivity index (χ1) is 15.9. The molecule has 3 rings (SSSR count).